The summed E-state index contributed by atoms with van der Waals surface area (Å²) in [6, 6.07) is 28.3. The van der Waals surface area contributed by atoms with Crippen molar-refractivity contribution in [1.29, 1.82) is 0 Å². The van der Waals surface area contributed by atoms with Gasteiger partial charge in [-0.05, 0) is 42.0 Å². The molecule has 0 radical (unpaired) electrons. The number of ketones is 2. The van der Waals surface area contributed by atoms with Crippen LogP contribution in [-0.2, 0) is 9.59 Å². The Morgan fingerprint density at radius 2 is 1.34 bits per heavy atom. The highest BCUT2D eigenvalue weighted by Gasteiger charge is 2.31. The average molecular weight is 519 g/mol. The van der Waals surface area contributed by atoms with Gasteiger partial charge in [-0.2, -0.15) is 0 Å². The van der Waals surface area contributed by atoms with Gasteiger partial charge in [0.05, 0.1) is 17.0 Å². The lowest BCUT2D eigenvalue weighted by Gasteiger charge is -2.20. The fraction of sp³-hybridized carbons (Fsp3) is 0.0323. The van der Waals surface area contributed by atoms with Crippen molar-refractivity contribution in [2.24, 2.45) is 0 Å². The molecule has 0 spiro atoms. The van der Waals surface area contributed by atoms with Crippen LogP contribution in [0.2, 0.25) is 0 Å². The highest BCUT2D eigenvalue weighted by atomic mass is 32.2. The Balaban J connectivity index is 1.18. The maximum Gasteiger partial charge on any atom is 0.248 e. The molecule has 2 amide bonds. The highest BCUT2D eigenvalue weighted by Crippen LogP contribution is 2.32. The van der Waals surface area contributed by atoms with Crippen LogP contribution in [0.4, 0.5) is 11.4 Å². The number of nitrogens with one attached hydrogen (secondary N) is 2. The molecule has 0 atom stereocenters. The third-order valence-electron chi connectivity index (χ3n) is 5.95. The zero-order chi connectivity index (χ0) is 26.5. The fourth-order valence-electron chi connectivity index (χ4n) is 4.14. The maximum atomic E-state index is 13.1. The molecule has 4 aromatic rings. The van der Waals surface area contributed by atoms with E-state index in [0.717, 1.165) is 10.5 Å². The second kappa shape index (κ2) is 11.1. The van der Waals surface area contributed by atoms with Crippen LogP contribution in [0.5, 0.6) is 0 Å². The number of carbonyl (C=O) groups excluding carboxylic acids is 4. The molecule has 0 bridgehead atoms. The summed E-state index contributed by atoms with van der Waals surface area (Å²) >= 11 is 1.32. The zero-order valence-corrected chi connectivity index (χ0v) is 21.0. The van der Waals surface area contributed by atoms with E-state index in [2.05, 4.69) is 10.6 Å². The first-order valence-corrected chi connectivity index (χ1v) is 12.9. The molecule has 6 nitrogen and oxygen atoms in total. The van der Waals surface area contributed by atoms with E-state index in [0.29, 0.717) is 22.5 Å². The van der Waals surface area contributed by atoms with E-state index in [-0.39, 0.29) is 40.3 Å². The van der Waals surface area contributed by atoms with Crippen LogP contribution in [0.15, 0.2) is 108 Å². The van der Waals surface area contributed by atoms with E-state index >= 15 is 0 Å². The molecule has 5 rings (SSSR count). The van der Waals surface area contributed by atoms with Gasteiger partial charge >= 0.3 is 0 Å². The Bertz CT molecular complexity index is 1580. The summed E-state index contributed by atoms with van der Waals surface area (Å²) in [5.74, 6) is -0.951. The van der Waals surface area contributed by atoms with Crippen LogP contribution in [0.3, 0.4) is 0 Å². The summed E-state index contributed by atoms with van der Waals surface area (Å²) in [7, 11) is 0. The predicted molar refractivity (Wildman–Crippen MR) is 150 cm³/mol. The van der Waals surface area contributed by atoms with Gasteiger partial charge in [0.15, 0.2) is 11.6 Å². The molecule has 0 aromatic heterocycles. The van der Waals surface area contributed by atoms with E-state index in [1.165, 1.54) is 17.8 Å². The van der Waals surface area contributed by atoms with Gasteiger partial charge in [-0.25, -0.2) is 0 Å². The van der Waals surface area contributed by atoms with Gasteiger partial charge in [-0.3, -0.25) is 19.2 Å². The highest BCUT2D eigenvalue weighted by molar-refractivity contribution is 8.00. The first-order chi connectivity index (χ1) is 18.5. The molecular weight excluding hydrogens is 496 g/mol. The monoisotopic (exact) mass is 518 g/mol. The second-order valence-corrected chi connectivity index (χ2v) is 9.58. The average Bonchev–Trinajstić information content (AvgIpc) is 2.95. The van der Waals surface area contributed by atoms with Crippen LogP contribution in [0.1, 0.15) is 37.4 Å². The molecule has 1 aliphatic rings. The normalized spacial score (nSPS) is 12.1. The minimum atomic E-state index is -0.300. The van der Waals surface area contributed by atoms with Crippen LogP contribution in [0, 0.1) is 0 Å². The summed E-state index contributed by atoms with van der Waals surface area (Å²) in [6.45, 7) is 0. The van der Waals surface area contributed by atoms with E-state index in [1.54, 1.807) is 60.7 Å². The van der Waals surface area contributed by atoms with Crippen LogP contribution in [0.25, 0.3) is 6.08 Å². The lowest BCUT2D eigenvalue weighted by atomic mass is 9.83. The van der Waals surface area contributed by atoms with Gasteiger partial charge in [0.2, 0.25) is 11.8 Å². The SMILES string of the molecule is O=C(/C=C/c1ccccc1)Nc1ccc(SCC(=O)Nc2cccc3c2C(=O)c2ccccc2C3=O)cc1. The lowest BCUT2D eigenvalue weighted by molar-refractivity contribution is -0.114. The van der Waals surface area contributed by atoms with Gasteiger partial charge in [0.1, 0.15) is 0 Å². The number of hydrogen-bond donors (Lipinski definition) is 2. The number of rotatable bonds is 7. The standard InChI is InChI=1S/C31H22N2O4S/c34-27(18-13-20-7-2-1-3-8-20)32-21-14-16-22(17-15-21)38-19-28(35)33-26-12-6-11-25-29(26)31(37)24-10-5-4-9-23(24)30(25)36/h1-18H,19H2,(H,32,34)(H,33,35)/b18-13+. The van der Waals surface area contributed by atoms with Crippen molar-refractivity contribution in [3.05, 3.63) is 131 Å². The van der Waals surface area contributed by atoms with Crippen molar-refractivity contribution in [3.63, 3.8) is 0 Å². The van der Waals surface area contributed by atoms with Crippen molar-refractivity contribution in [3.8, 4) is 0 Å². The number of carbonyl (C=O) groups is 4. The van der Waals surface area contributed by atoms with Gasteiger partial charge in [0, 0.05) is 33.3 Å². The quantitative estimate of drug-likeness (QED) is 0.208. The molecule has 7 heteroatoms. The van der Waals surface area contributed by atoms with E-state index in [4.69, 9.17) is 0 Å². The number of amides is 2. The molecule has 2 N–H and O–H groups in total. The molecule has 0 saturated carbocycles. The molecule has 38 heavy (non-hydrogen) atoms. The van der Waals surface area contributed by atoms with Gasteiger partial charge < -0.3 is 10.6 Å². The van der Waals surface area contributed by atoms with E-state index in [9.17, 15) is 19.2 Å². The summed E-state index contributed by atoms with van der Waals surface area (Å²) in [6.07, 6.45) is 3.21. The van der Waals surface area contributed by atoms with Crippen LogP contribution >= 0.6 is 11.8 Å². The molecule has 0 heterocycles. The number of benzene rings is 4. The largest absolute Gasteiger partial charge is 0.325 e. The van der Waals surface area contributed by atoms with Crippen molar-refractivity contribution in [2.75, 3.05) is 16.4 Å². The van der Waals surface area contributed by atoms with Crippen molar-refractivity contribution < 1.29 is 19.2 Å². The first kappa shape index (κ1) is 24.9. The van der Waals surface area contributed by atoms with E-state index < -0.39 is 0 Å². The van der Waals surface area contributed by atoms with Crippen molar-refractivity contribution >= 4 is 52.6 Å². The summed E-state index contributed by atoms with van der Waals surface area (Å²) in [5, 5.41) is 5.60. The second-order valence-electron chi connectivity index (χ2n) is 8.53. The molecule has 186 valence electrons. The lowest BCUT2D eigenvalue weighted by Crippen LogP contribution is -2.24. The number of hydrogen-bond acceptors (Lipinski definition) is 5. The minimum Gasteiger partial charge on any atom is -0.325 e. The topological polar surface area (TPSA) is 92.3 Å². The summed E-state index contributed by atoms with van der Waals surface area (Å²) in [4.78, 5) is 51.7. The van der Waals surface area contributed by atoms with Gasteiger partial charge in [-0.15, -0.1) is 11.8 Å². The first-order valence-electron chi connectivity index (χ1n) is 11.9. The zero-order valence-electron chi connectivity index (χ0n) is 20.1. The molecule has 0 fully saturated rings. The maximum absolute atomic E-state index is 13.1. The Morgan fingerprint density at radius 3 is 2.08 bits per heavy atom. The number of fused-ring (bicyclic) bond motifs is 2. The van der Waals surface area contributed by atoms with E-state index in [1.807, 2.05) is 42.5 Å². The summed E-state index contributed by atoms with van der Waals surface area (Å²) in [5.41, 5.74) is 3.11. The molecule has 0 aliphatic heterocycles. The molecule has 0 saturated heterocycles. The molecule has 4 aromatic carbocycles. The van der Waals surface area contributed by atoms with Gasteiger partial charge in [0.25, 0.3) is 0 Å². The van der Waals surface area contributed by atoms with Crippen molar-refractivity contribution in [2.45, 2.75) is 4.90 Å². The number of thioether (sulfide) groups is 1. The molecular formula is C31H22N2O4S. The van der Waals surface area contributed by atoms with Gasteiger partial charge in [-0.1, -0.05) is 66.7 Å². The molecule has 1 aliphatic carbocycles. The third-order valence-corrected chi connectivity index (χ3v) is 6.96. The third kappa shape index (κ3) is 5.48. The number of anilines is 2. The Hall–Kier alpha value is -4.75. The minimum absolute atomic E-state index is 0.105. The Labute approximate surface area is 223 Å². The van der Waals surface area contributed by atoms with Crippen molar-refractivity contribution in [1.82, 2.24) is 0 Å². The Morgan fingerprint density at radius 1 is 0.684 bits per heavy atom. The smallest absolute Gasteiger partial charge is 0.248 e. The van der Waals surface area contributed by atoms with Crippen LogP contribution < -0.4 is 10.6 Å². The molecule has 0 unspecified atom stereocenters. The predicted octanol–water partition coefficient (Wildman–Crippen LogP) is 5.84. The van der Waals surface area contributed by atoms with Crippen LogP contribution in [-0.4, -0.2) is 29.1 Å². The summed E-state index contributed by atoms with van der Waals surface area (Å²) < 4.78 is 0. The fourth-order valence-corrected chi connectivity index (χ4v) is 4.84. The Kier molecular flexibility index (Phi) is 7.28.